The molecule has 1 saturated heterocycles. The van der Waals surface area contributed by atoms with Gasteiger partial charge in [0.25, 0.3) is 0 Å². The fraction of sp³-hybridized carbons (Fsp3) is 0.667. The van der Waals surface area contributed by atoms with Crippen LogP contribution in [0.3, 0.4) is 0 Å². The summed E-state index contributed by atoms with van der Waals surface area (Å²) in [6.07, 6.45) is 6.71. The van der Waals surface area contributed by atoms with Gasteiger partial charge in [-0.15, -0.1) is 0 Å². The van der Waals surface area contributed by atoms with Crippen LogP contribution in [0.25, 0.3) is 0 Å². The standard InChI is InChI=1S/C21H31O2S/c1-16(2)21(24-14-12-23-13-15-24)20(22)19-10-8-18(9-11-19)17-6-4-3-5-7-17/h8-11,16-17,21H,3-7,12-15H2,1-2H3/q+1. The van der Waals surface area contributed by atoms with Crippen LogP contribution in [0.1, 0.15) is 67.8 Å². The lowest BCUT2D eigenvalue weighted by atomic mass is 9.83. The summed E-state index contributed by atoms with van der Waals surface area (Å²) in [5.41, 5.74) is 2.34. The van der Waals surface area contributed by atoms with Gasteiger partial charge in [-0.1, -0.05) is 57.4 Å². The van der Waals surface area contributed by atoms with Crippen molar-refractivity contribution in [3.05, 3.63) is 35.4 Å². The van der Waals surface area contributed by atoms with E-state index in [0.29, 0.717) is 17.6 Å². The Morgan fingerprint density at radius 1 is 1.04 bits per heavy atom. The maximum Gasteiger partial charge on any atom is 0.215 e. The highest BCUT2D eigenvalue weighted by Gasteiger charge is 2.40. The van der Waals surface area contributed by atoms with Gasteiger partial charge >= 0.3 is 0 Å². The first-order valence-electron chi connectivity index (χ1n) is 9.55. The largest absolute Gasteiger partial charge is 0.372 e. The number of benzene rings is 1. The molecule has 1 aliphatic carbocycles. The summed E-state index contributed by atoms with van der Waals surface area (Å²) in [6.45, 7) is 6.03. The lowest BCUT2D eigenvalue weighted by Crippen LogP contribution is -2.42. The second-order valence-electron chi connectivity index (χ2n) is 7.54. The van der Waals surface area contributed by atoms with Gasteiger partial charge in [0.05, 0.1) is 13.2 Å². The van der Waals surface area contributed by atoms with Crippen molar-refractivity contribution < 1.29 is 9.53 Å². The minimum atomic E-state index is 0.162. The molecule has 0 spiro atoms. The molecule has 1 aromatic carbocycles. The number of Topliss-reactive ketones (excluding diaryl/α,β-unsaturated/α-hetero) is 1. The van der Waals surface area contributed by atoms with Crippen LogP contribution in [0, 0.1) is 5.92 Å². The predicted molar refractivity (Wildman–Crippen MR) is 103 cm³/mol. The van der Waals surface area contributed by atoms with Crippen molar-refractivity contribution in [1.82, 2.24) is 0 Å². The molecular formula is C21H31O2S+. The zero-order valence-electron chi connectivity index (χ0n) is 15.1. The molecule has 0 amide bonds. The maximum atomic E-state index is 13.1. The molecular weight excluding hydrogens is 316 g/mol. The fourth-order valence-electron chi connectivity index (χ4n) is 4.15. The van der Waals surface area contributed by atoms with Crippen LogP contribution < -0.4 is 0 Å². The van der Waals surface area contributed by atoms with Crippen molar-refractivity contribution >= 4 is 16.7 Å². The van der Waals surface area contributed by atoms with Crippen LogP contribution in [0.15, 0.2) is 24.3 Å². The van der Waals surface area contributed by atoms with Crippen molar-refractivity contribution in [2.45, 2.75) is 57.1 Å². The van der Waals surface area contributed by atoms with Crippen molar-refractivity contribution in [2.24, 2.45) is 5.92 Å². The summed E-state index contributed by atoms with van der Waals surface area (Å²) < 4.78 is 5.49. The molecule has 132 valence electrons. The molecule has 1 saturated carbocycles. The van der Waals surface area contributed by atoms with Gasteiger partial charge in [-0.25, -0.2) is 0 Å². The molecule has 1 unspecified atom stereocenters. The summed E-state index contributed by atoms with van der Waals surface area (Å²) in [4.78, 5) is 13.1. The molecule has 2 aliphatic rings. The average Bonchev–Trinajstić information content (AvgIpc) is 2.63. The third kappa shape index (κ3) is 4.23. The SMILES string of the molecule is CC(C)C(C(=O)c1ccc(C2CCCCC2)cc1)[S+]1CCOCC1. The lowest BCUT2D eigenvalue weighted by molar-refractivity contribution is 0.0972. The molecule has 1 heterocycles. The molecule has 0 aromatic heterocycles. The zero-order chi connectivity index (χ0) is 16.9. The lowest BCUT2D eigenvalue weighted by Gasteiger charge is -2.25. The number of hydrogen-bond acceptors (Lipinski definition) is 2. The van der Waals surface area contributed by atoms with E-state index < -0.39 is 0 Å². The fourth-order valence-corrected chi connectivity index (χ4v) is 6.73. The number of carbonyl (C=O) groups excluding carboxylic acids is 1. The minimum Gasteiger partial charge on any atom is -0.372 e. The monoisotopic (exact) mass is 347 g/mol. The van der Waals surface area contributed by atoms with Gasteiger partial charge in [-0.05, 0) is 24.3 Å². The quantitative estimate of drug-likeness (QED) is 0.575. The van der Waals surface area contributed by atoms with Gasteiger partial charge in [-0.2, -0.15) is 0 Å². The zero-order valence-corrected chi connectivity index (χ0v) is 15.9. The predicted octanol–water partition coefficient (Wildman–Crippen LogP) is 4.59. The van der Waals surface area contributed by atoms with Crippen LogP contribution in [0.5, 0.6) is 0 Å². The van der Waals surface area contributed by atoms with E-state index in [4.69, 9.17) is 4.74 Å². The highest BCUT2D eigenvalue weighted by molar-refractivity contribution is 7.98. The van der Waals surface area contributed by atoms with Crippen molar-refractivity contribution in [3.63, 3.8) is 0 Å². The van der Waals surface area contributed by atoms with E-state index in [1.165, 1.54) is 37.7 Å². The smallest absolute Gasteiger partial charge is 0.215 e. The first-order valence-corrected chi connectivity index (χ1v) is 11.2. The molecule has 1 aliphatic heterocycles. The van der Waals surface area contributed by atoms with E-state index >= 15 is 0 Å². The Morgan fingerprint density at radius 2 is 1.67 bits per heavy atom. The van der Waals surface area contributed by atoms with Crippen LogP contribution in [0.2, 0.25) is 0 Å². The average molecular weight is 348 g/mol. The van der Waals surface area contributed by atoms with E-state index in [-0.39, 0.29) is 16.1 Å². The Morgan fingerprint density at radius 3 is 2.25 bits per heavy atom. The number of rotatable bonds is 5. The maximum absolute atomic E-state index is 13.1. The summed E-state index contributed by atoms with van der Waals surface area (Å²) in [7, 11) is 0.173. The molecule has 0 bridgehead atoms. The molecule has 0 radical (unpaired) electrons. The Balaban J connectivity index is 1.72. The summed E-state index contributed by atoms with van der Waals surface area (Å²) in [5, 5.41) is 0.162. The van der Waals surface area contributed by atoms with Crippen molar-refractivity contribution in [2.75, 3.05) is 24.7 Å². The van der Waals surface area contributed by atoms with Gasteiger partial charge in [0.1, 0.15) is 11.5 Å². The van der Waals surface area contributed by atoms with Gasteiger partial charge in [-0.3, -0.25) is 4.79 Å². The van der Waals surface area contributed by atoms with Crippen molar-refractivity contribution in [1.29, 1.82) is 0 Å². The molecule has 1 atom stereocenters. The van der Waals surface area contributed by atoms with E-state index in [2.05, 4.69) is 38.1 Å². The Kier molecular flexibility index (Phi) is 6.40. The van der Waals surface area contributed by atoms with Crippen LogP contribution >= 0.6 is 0 Å². The highest BCUT2D eigenvalue weighted by Crippen LogP contribution is 2.33. The van der Waals surface area contributed by atoms with Gasteiger partial charge in [0.15, 0.2) is 5.25 Å². The highest BCUT2D eigenvalue weighted by atomic mass is 32.2. The number of ether oxygens (including phenoxy) is 1. The summed E-state index contributed by atoms with van der Waals surface area (Å²) in [5.74, 6) is 3.56. The molecule has 3 rings (SSSR count). The van der Waals surface area contributed by atoms with E-state index in [9.17, 15) is 4.79 Å². The topological polar surface area (TPSA) is 26.3 Å². The van der Waals surface area contributed by atoms with Crippen molar-refractivity contribution in [3.8, 4) is 0 Å². The first kappa shape index (κ1) is 18.0. The van der Waals surface area contributed by atoms with E-state index in [1.807, 2.05) is 0 Å². The molecule has 0 N–H and O–H groups in total. The van der Waals surface area contributed by atoms with Crippen LogP contribution in [-0.4, -0.2) is 35.8 Å². The molecule has 24 heavy (non-hydrogen) atoms. The number of ketones is 1. The molecule has 1 aromatic rings. The van der Waals surface area contributed by atoms with Gasteiger partial charge < -0.3 is 4.74 Å². The normalized spacial score (nSPS) is 21.8. The number of hydrogen-bond donors (Lipinski definition) is 0. The molecule has 2 fully saturated rings. The van der Waals surface area contributed by atoms with Crippen LogP contribution in [0.4, 0.5) is 0 Å². The minimum absolute atomic E-state index is 0.162. The van der Waals surface area contributed by atoms with Gasteiger partial charge in [0, 0.05) is 22.4 Å². The third-order valence-corrected chi connectivity index (χ3v) is 8.33. The Bertz CT molecular complexity index is 525. The number of carbonyl (C=O) groups is 1. The molecule has 2 nitrogen and oxygen atoms in total. The summed E-state index contributed by atoms with van der Waals surface area (Å²) >= 11 is 0. The first-order chi connectivity index (χ1) is 11.7. The molecule has 3 heteroatoms. The van der Waals surface area contributed by atoms with E-state index in [0.717, 1.165) is 30.3 Å². The van der Waals surface area contributed by atoms with E-state index in [1.54, 1.807) is 0 Å². The third-order valence-electron chi connectivity index (χ3n) is 5.47. The van der Waals surface area contributed by atoms with Crippen LogP contribution in [-0.2, 0) is 15.6 Å². The second kappa shape index (κ2) is 8.53. The Labute approximate surface area is 149 Å². The summed E-state index contributed by atoms with van der Waals surface area (Å²) in [6, 6.07) is 8.61. The Hall–Kier alpha value is -0.800. The van der Waals surface area contributed by atoms with Gasteiger partial charge in [0.2, 0.25) is 5.78 Å². The second-order valence-corrected chi connectivity index (χ2v) is 9.94.